The molecule has 3 heterocycles. The first-order valence-corrected chi connectivity index (χ1v) is 7.44. The quantitative estimate of drug-likeness (QED) is 0.905. The van der Waals surface area contributed by atoms with Crippen molar-refractivity contribution in [2.45, 2.75) is 57.8 Å². The minimum absolute atomic E-state index is 0.0404. The van der Waals surface area contributed by atoms with Crippen LogP contribution in [0.2, 0.25) is 0 Å². The Morgan fingerprint density at radius 3 is 3.05 bits per heavy atom. The van der Waals surface area contributed by atoms with Crippen LogP contribution in [0.3, 0.4) is 0 Å². The van der Waals surface area contributed by atoms with E-state index >= 15 is 0 Å². The Morgan fingerprint density at radius 2 is 2.25 bits per heavy atom. The second-order valence-corrected chi connectivity index (χ2v) is 6.76. The molecule has 6 nitrogen and oxygen atoms in total. The third-order valence-corrected chi connectivity index (χ3v) is 3.93. The van der Waals surface area contributed by atoms with Crippen molar-refractivity contribution < 1.29 is 9.26 Å². The van der Waals surface area contributed by atoms with Gasteiger partial charge in [0.05, 0.1) is 13.2 Å². The summed E-state index contributed by atoms with van der Waals surface area (Å²) in [6, 6.07) is 0.597. The van der Waals surface area contributed by atoms with Crippen LogP contribution in [-0.4, -0.2) is 46.3 Å². The SMILES string of the molecule is CC(C)(C)NCc1nc(C2CN3CCCC3CO2)no1. The first-order valence-electron chi connectivity index (χ1n) is 7.44. The van der Waals surface area contributed by atoms with Crippen molar-refractivity contribution in [3.8, 4) is 0 Å². The molecule has 0 amide bonds. The van der Waals surface area contributed by atoms with E-state index in [0.29, 0.717) is 24.3 Å². The molecular formula is C14H24N4O2. The van der Waals surface area contributed by atoms with Gasteiger partial charge in [-0.25, -0.2) is 0 Å². The molecule has 1 N–H and O–H groups in total. The molecule has 2 aliphatic rings. The molecule has 2 atom stereocenters. The number of rotatable bonds is 3. The van der Waals surface area contributed by atoms with Crippen LogP contribution in [0.5, 0.6) is 0 Å². The van der Waals surface area contributed by atoms with Gasteiger partial charge in [-0.15, -0.1) is 0 Å². The van der Waals surface area contributed by atoms with Gasteiger partial charge in [0, 0.05) is 18.1 Å². The Hall–Kier alpha value is -0.980. The molecule has 0 radical (unpaired) electrons. The number of fused-ring (bicyclic) bond motifs is 1. The molecule has 2 aliphatic heterocycles. The average Bonchev–Trinajstić information content (AvgIpc) is 3.03. The summed E-state index contributed by atoms with van der Waals surface area (Å²) in [5.41, 5.74) is 0.0404. The van der Waals surface area contributed by atoms with Crippen molar-refractivity contribution in [3.63, 3.8) is 0 Å². The summed E-state index contributed by atoms with van der Waals surface area (Å²) in [4.78, 5) is 6.94. The molecule has 1 aromatic heterocycles. The number of ether oxygens (including phenoxy) is 1. The van der Waals surface area contributed by atoms with Gasteiger partial charge in [-0.05, 0) is 40.2 Å². The molecule has 3 rings (SSSR count). The Kier molecular flexibility index (Phi) is 3.79. The van der Waals surface area contributed by atoms with E-state index in [1.54, 1.807) is 0 Å². The lowest BCUT2D eigenvalue weighted by Crippen LogP contribution is -2.42. The van der Waals surface area contributed by atoms with Crippen molar-refractivity contribution in [1.29, 1.82) is 0 Å². The number of nitrogens with zero attached hydrogens (tertiary/aromatic N) is 3. The van der Waals surface area contributed by atoms with Crippen LogP contribution in [0.1, 0.15) is 51.4 Å². The van der Waals surface area contributed by atoms with Gasteiger partial charge in [0.1, 0.15) is 6.10 Å². The zero-order valence-electron chi connectivity index (χ0n) is 12.6. The van der Waals surface area contributed by atoms with Crippen LogP contribution in [0, 0.1) is 0 Å². The van der Waals surface area contributed by atoms with Gasteiger partial charge < -0.3 is 14.6 Å². The van der Waals surface area contributed by atoms with Crippen molar-refractivity contribution in [1.82, 2.24) is 20.4 Å². The van der Waals surface area contributed by atoms with Crippen molar-refractivity contribution in [3.05, 3.63) is 11.7 Å². The lowest BCUT2D eigenvalue weighted by molar-refractivity contribution is -0.0548. The molecule has 6 heteroatoms. The number of hydrogen-bond acceptors (Lipinski definition) is 6. The van der Waals surface area contributed by atoms with Gasteiger partial charge >= 0.3 is 0 Å². The highest BCUT2D eigenvalue weighted by Crippen LogP contribution is 2.28. The number of nitrogens with one attached hydrogen (secondary N) is 1. The third-order valence-electron chi connectivity index (χ3n) is 3.93. The van der Waals surface area contributed by atoms with Gasteiger partial charge in [0.2, 0.25) is 11.7 Å². The summed E-state index contributed by atoms with van der Waals surface area (Å²) >= 11 is 0. The minimum Gasteiger partial charge on any atom is -0.367 e. The smallest absolute Gasteiger partial charge is 0.240 e. The van der Waals surface area contributed by atoms with Crippen molar-refractivity contribution in [2.24, 2.45) is 0 Å². The van der Waals surface area contributed by atoms with E-state index in [1.807, 2.05) is 0 Å². The fraction of sp³-hybridized carbons (Fsp3) is 0.857. The maximum atomic E-state index is 5.89. The summed E-state index contributed by atoms with van der Waals surface area (Å²) in [6.07, 6.45) is 2.48. The highest BCUT2D eigenvalue weighted by molar-refractivity contribution is 4.97. The molecule has 0 aliphatic carbocycles. The Bertz CT molecular complexity index is 454. The zero-order valence-corrected chi connectivity index (χ0v) is 12.6. The minimum atomic E-state index is -0.0449. The van der Waals surface area contributed by atoms with Crippen molar-refractivity contribution in [2.75, 3.05) is 19.7 Å². The van der Waals surface area contributed by atoms with E-state index < -0.39 is 0 Å². The number of aromatic nitrogens is 2. The first-order chi connectivity index (χ1) is 9.51. The Labute approximate surface area is 119 Å². The molecule has 20 heavy (non-hydrogen) atoms. The molecule has 2 saturated heterocycles. The van der Waals surface area contributed by atoms with E-state index in [1.165, 1.54) is 19.4 Å². The van der Waals surface area contributed by atoms with Gasteiger partial charge in [-0.2, -0.15) is 4.98 Å². The van der Waals surface area contributed by atoms with E-state index in [4.69, 9.17) is 9.26 Å². The van der Waals surface area contributed by atoms with Crippen LogP contribution < -0.4 is 5.32 Å². The maximum absolute atomic E-state index is 5.89. The summed E-state index contributed by atoms with van der Waals surface area (Å²) in [6.45, 7) is 9.77. The highest BCUT2D eigenvalue weighted by Gasteiger charge is 2.34. The van der Waals surface area contributed by atoms with E-state index in [2.05, 4.69) is 41.1 Å². The lowest BCUT2D eigenvalue weighted by Gasteiger charge is -2.33. The zero-order chi connectivity index (χ0) is 14.2. The molecule has 2 unspecified atom stereocenters. The standard InChI is InChI=1S/C14H24N4O2/c1-14(2,3)15-7-12-16-13(17-20-12)11-8-18-6-4-5-10(18)9-19-11/h10-11,15H,4-9H2,1-3H3. The van der Waals surface area contributed by atoms with E-state index in [0.717, 1.165) is 13.2 Å². The van der Waals surface area contributed by atoms with Crippen LogP contribution >= 0.6 is 0 Å². The molecule has 2 fully saturated rings. The largest absolute Gasteiger partial charge is 0.367 e. The maximum Gasteiger partial charge on any atom is 0.240 e. The van der Waals surface area contributed by atoms with Gasteiger partial charge in [0.25, 0.3) is 0 Å². The Balaban J connectivity index is 1.59. The summed E-state index contributed by atoms with van der Waals surface area (Å²) in [5.74, 6) is 1.31. The average molecular weight is 280 g/mol. The second kappa shape index (κ2) is 5.42. The normalized spacial score (nSPS) is 27.8. The number of morpholine rings is 1. The molecule has 0 aromatic carbocycles. The molecule has 0 bridgehead atoms. The van der Waals surface area contributed by atoms with Gasteiger partial charge in [0.15, 0.2) is 0 Å². The first kappa shape index (κ1) is 14.0. The molecule has 0 spiro atoms. The molecule has 0 saturated carbocycles. The fourth-order valence-corrected chi connectivity index (χ4v) is 2.78. The summed E-state index contributed by atoms with van der Waals surface area (Å²) in [7, 11) is 0. The molecule has 1 aromatic rings. The monoisotopic (exact) mass is 280 g/mol. The highest BCUT2D eigenvalue weighted by atomic mass is 16.5. The predicted molar refractivity (Wildman–Crippen MR) is 74.2 cm³/mol. The van der Waals surface area contributed by atoms with E-state index in [9.17, 15) is 0 Å². The predicted octanol–water partition coefficient (Wildman–Crippen LogP) is 1.49. The van der Waals surface area contributed by atoms with Gasteiger partial charge in [-0.1, -0.05) is 5.16 Å². The molecular weight excluding hydrogens is 256 g/mol. The van der Waals surface area contributed by atoms with Crippen LogP contribution in [0.15, 0.2) is 4.52 Å². The lowest BCUT2D eigenvalue weighted by atomic mass is 10.1. The summed E-state index contributed by atoms with van der Waals surface area (Å²) < 4.78 is 11.2. The molecule has 112 valence electrons. The number of hydrogen-bond donors (Lipinski definition) is 1. The van der Waals surface area contributed by atoms with Crippen LogP contribution in [0.4, 0.5) is 0 Å². The fourth-order valence-electron chi connectivity index (χ4n) is 2.78. The van der Waals surface area contributed by atoms with E-state index in [-0.39, 0.29) is 11.6 Å². The third kappa shape index (κ3) is 3.19. The summed E-state index contributed by atoms with van der Waals surface area (Å²) in [5, 5.41) is 7.42. The second-order valence-electron chi connectivity index (χ2n) is 6.76. The van der Waals surface area contributed by atoms with Crippen molar-refractivity contribution >= 4 is 0 Å². The van der Waals surface area contributed by atoms with Gasteiger partial charge in [-0.3, -0.25) is 4.90 Å². The van der Waals surface area contributed by atoms with Crippen LogP contribution in [-0.2, 0) is 11.3 Å². The topological polar surface area (TPSA) is 63.4 Å². The Morgan fingerprint density at radius 1 is 1.40 bits per heavy atom. The van der Waals surface area contributed by atoms with Crippen LogP contribution in [0.25, 0.3) is 0 Å².